The van der Waals surface area contributed by atoms with Gasteiger partial charge in [-0.15, -0.1) is 0 Å². The van der Waals surface area contributed by atoms with Gasteiger partial charge in [-0.25, -0.2) is 0 Å². The summed E-state index contributed by atoms with van der Waals surface area (Å²) < 4.78 is 0. The fraction of sp³-hybridized carbons (Fsp3) is 0.111. The van der Waals surface area contributed by atoms with E-state index >= 15 is 0 Å². The molecule has 1 aromatic heterocycles. The van der Waals surface area contributed by atoms with Crippen molar-refractivity contribution in [2.24, 2.45) is 4.99 Å². The maximum atomic E-state index is 4.52. The molecule has 0 N–H and O–H groups in total. The number of pyridine rings is 1. The highest BCUT2D eigenvalue weighted by molar-refractivity contribution is 5.58. The second kappa shape index (κ2) is 6.62. The van der Waals surface area contributed by atoms with Crippen molar-refractivity contribution in [2.45, 2.75) is 13.3 Å². The van der Waals surface area contributed by atoms with Gasteiger partial charge in [0.15, 0.2) is 0 Å². The maximum absolute atomic E-state index is 4.52. The molecule has 0 saturated heterocycles. The molecule has 2 nitrogen and oxygen atoms in total. The summed E-state index contributed by atoms with van der Waals surface area (Å²) >= 11 is 0. The summed E-state index contributed by atoms with van der Waals surface area (Å²) in [6.07, 6.45) is 4.44. The maximum Gasteiger partial charge on any atom is 0.0702 e. The zero-order valence-electron chi connectivity index (χ0n) is 11.7. The van der Waals surface area contributed by atoms with Crippen molar-refractivity contribution < 1.29 is 0 Å². The van der Waals surface area contributed by atoms with Crippen LogP contribution in [0.5, 0.6) is 0 Å². The van der Waals surface area contributed by atoms with Gasteiger partial charge in [0, 0.05) is 24.4 Å². The van der Waals surface area contributed by atoms with Crippen molar-refractivity contribution in [3.8, 4) is 11.3 Å². The second-order valence-corrected chi connectivity index (χ2v) is 4.71. The molecule has 0 saturated carbocycles. The molecule has 0 aliphatic rings. The van der Waals surface area contributed by atoms with Gasteiger partial charge in [-0.05, 0) is 30.8 Å². The lowest BCUT2D eigenvalue weighted by Crippen LogP contribution is -1.93. The largest absolute Gasteiger partial charge is 0.272 e. The minimum Gasteiger partial charge on any atom is -0.272 e. The number of hydrogen-bond acceptors (Lipinski definition) is 2. The molecule has 0 spiro atoms. The molecule has 0 aliphatic heterocycles. The Morgan fingerprint density at radius 2 is 1.95 bits per heavy atom. The van der Waals surface area contributed by atoms with Crippen molar-refractivity contribution in [2.75, 3.05) is 0 Å². The lowest BCUT2D eigenvalue weighted by Gasteiger charge is -2.07. The quantitative estimate of drug-likeness (QED) is 0.577. The van der Waals surface area contributed by atoms with Crippen LogP contribution in [-0.4, -0.2) is 11.7 Å². The third-order valence-electron chi connectivity index (χ3n) is 3.08. The molecule has 0 aliphatic carbocycles. The van der Waals surface area contributed by atoms with Crippen LogP contribution in [0.3, 0.4) is 0 Å². The van der Waals surface area contributed by atoms with E-state index in [9.17, 15) is 0 Å². The molecule has 20 heavy (non-hydrogen) atoms. The number of benzene rings is 1. The Labute approximate surface area is 120 Å². The first-order valence-corrected chi connectivity index (χ1v) is 6.52. The highest BCUT2D eigenvalue weighted by atomic mass is 14.7. The van der Waals surface area contributed by atoms with E-state index < -0.39 is 0 Å². The molecule has 0 fully saturated rings. The molecule has 2 aromatic rings. The summed E-state index contributed by atoms with van der Waals surface area (Å²) in [5.41, 5.74) is 5.33. The first-order valence-electron chi connectivity index (χ1n) is 6.52. The third kappa shape index (κ3) is 3.51. The standard InChI is InChI=1S/C18H18N2/c1-14(2)17(13-19-3)11-15-9-10-18(20-12-15)16-7-5-4-6-8-16/h4-10,12-13H,1,3,11H2,2H3/b17-13-. The lowest BCUT2D eigenvalue weighted by molar-refractivity contribution is 1.11. The zero-order chi connectivity index (χ0) is 14.4. The van der Waals surface area contributed by atoms with Crippen LogP contribution in [0.1, 0.15) is 12.5 Å². The Balaban J connectivity index is 2.19. The first-order chi connectivity index (χ1) is 9.70. The van der Waals surface area contributed by atoms with E-state index in [0.29, 0.717) is 0 Å². The topological polar surface area (TPSA) is 25.2 Å². The number of aromatic nitrogens is 1. The first kappa shape index (κ1) is 13.9. The number of allylic oxidation sites excluding steroid dienone is 2. The molecule has 0 bridgehead atoms. The Morgan fingerprint density at radius 3 is 2.50 bits per heavy atom. The molecule has 0 amide bonds. The minimum absolute atomic E-state index is 0.774. The van der Waals surface area contributed by atoms with Gasteiger partial charge in [-0.2, -0.15) is 0 Å². The van der Waals surface area contributed by atoms with Crippen molar-refractivity contribution in [3.63, 3.8) is 0 Å². The van der Waals surface area contributed by atoms with Crippen LogP contribution in [-0.2, 0) is 6.42 Å². The van der Waals surface area contributed by atoms with Gasteiger partial charge in [0.05, 0.1) is 5.69 Å². The Hall–Kier alpha value is -2.48. The second-order valence-electron chi connectivity index (χ2n) is 4.71. The summed E-state index contributed by atoms with van der Waals surface area (Å²) in [4.78, 5) is 8.34. The van der Waals surface area contributed by atoms with Crippen LogP contribution < -0.4 is 0 Å². The average Bonchev–Trinajstić information content (AvgIpc) is 2.48. The molecule has 1 aromatic carbocycles. The highest BCUT2D eigenvalue weighted by Gasteiger charge is 2.03. The molecular formula is C18H18N2. The fourth-order valence-corrected chi connectivity index (χ4v) is 1.95. The Bertz CT molecular complexity index is 622. The van der Waals surface area contributed by atoms with Crippen LogP contribution in [0.15, 0.2) is 77.6 Å². The van der Waals surface area contributed by atoms with E-state index in [0.717, 1.165) is 34.4 Å². The summed E-state index contributed by atoms with van der Waals surface area (Å²) in [5, 5.41) is 0. The molecular weight excluding hydrogens is 244 g/mol. The minimum atomic E-state index is 0.774. The monoisotopic (exact) mass is 262 g/mol. The van der Waals surface area contributed by atoms with Crippen LogP contribution in [0.2, 0.25) is 0 Å². The number of aliphatic imine (C=N–C) groups is 1. The summed E-state index contributed by atoms with van der Waals surface area (Å²) in [7, 11) is 0. The Morgan fingerprint density at radius 1 is 1.20 bits per heavy atom. The van der Waals surface area contributed by atoms with Gasteiger partial charge in [-0.1, -0.05) is 48.6 Å². The molecule has 0 unspecified atom stereocenters. The van der Waals surface area contributed by atoms with Crippen molar-refractivity contribution in [1.29, 1.82) is 0 Å². The van der Waals surface area contributed by atoms with E-state index in [4.69, 9.17) is 0 Å². The van der Waals surface area contributed by atoms with Gasteiger partial charge in [-0.3, -0.25) is 9.98 Å². The molecule has 2 rings (SSSR count). The molecule has 0 atom stereocenters. The van der Waals surface area contributed by atoms with Gasteiger partial charge < -0.3 is 0 Å². The SMILES string of the molecule is C=N/C=C(/Cc1ccc(-c2ccccc2)nc1)C(=C)C. The van der Waals surface area contributed by atoms with Gasteiger partial charge in [0.1, 0.15) is 0 Å². The summed E-state index contributed by atoms with van der Waals surface area (Å²) in [6.45, 7) is 9.43. The van der Waals surface area contributed by atoms with Crippen LogP contribution in [0, 0.1) is 0 Å². The van der Waals surface area contributed by atoms with Crippen LogP contribution in [0.25, 0.3) is 11.3 Å². The molecule has 100 valence electrons. The van der Waals surface area contributed by atoms with Crippen molar-refractivity contribution >= 4 is 6.72 Å². The summed E-state index contributed by atoms with van der Waals surface area (Å²) in [5.74, 6) is 0. The zero-order valence-corrected chi connectivity index (χ0v) is 11.7. The van der Waals surface area contributed by atoms with E-state index in [2.05, 4.69) is 41.5 Å². The van der Waals surface area contributed by atoms with E-state index in [1.807, 2.05) is 37.4 Å². The van der Waals surface area contributed by atoms with Gasteiger partial charge in [0.25, 0.3) is 0 Å². The summed E-state index contributed by atoms with van der Waals surface area (Å²) in [6, 6.07) is 14.3. The van der Waals surface area contributed by atoms with Crippen molar-refractivity contribution in [3.05, 3.63) is 78.1 Å². The predicted octanol–water partition coefficient (Wildman–Crippen LogP) is 4.45. The van der Waals surface area contributed by atoms with Crippen LogP contribution >= 0.6 is 0 Å². The number of rotatable bonds is 5. The molecule has 1 heterocycles. The number of hydrogen-bond donors (Lipinski definition) is 0. The van der Waals surface area contributed by atoms with Gasteiger partial charge >= 0.3 is 0 Å². The van der Waals surface area contributed by atoms with E-state index in [-0.39, 0.29) is 0 Å². The third-order valence-corrected chi connectivity index (χ3v) is 3.08. The average molecular weight is 262 g/mol. The smallest absolute Gasteiger partial charge is 0.0702 e. The molecule has 0 radical (unpaired) electrons. The predicted molar refractivity (Wildman–Crippen MR) is 85.8 cm³/mol. The fourth-order valence-electron chi connectivity index (χ4n) is 1.95. The number of nitrogens with zero attached hydrogens (tertiary/aromatic N) is 2. The van der Waals surface area contributed by atoms with Gasteiger partial charge in [0.2, 0.25) is 0 Å². The van der Waals surface area contributed by atoms with Crippen LogP contribution in [0.4, 0.5) is 0 Å². The molecule has 2 heteroatoms. The Kier molecular flexibility index (Phi) is 4.61. The lowest BCUT2D eigenvalue weighted by atomic mass is 10.0. The van der Waals surface area contributed by atoms with E-state index in [1.54, 1.807) is 6.20 Å². The van der Waals surface area contributed by atoms with E-state index in [1.165, 1.54) is 0 Å². The normalized spacial score (nSPS) is 11.2. The highest BCUT2D eigenvalue weighted by Crippen LogP contribution is 2.19. The van der Waals surface area contributed by atoms with Crippen molar-refractivity contribution in [1.82, 2.24) is 4.98 Å².